The van der Waals surface area contributed by atoms with Crippen LogP contribution in [0.1, 0.15) is 5.56 Å². The Labute approximate surface area is 156 Å². The molecule has 0 bridgehead atoms. The van der Waals surface area contributed by atoms with Gasteiger partial charge in [-0.15, -0.1) is 0 Å². The number of hydrogen-bond acceptors (Lipinski definition) is 3. The van der Waals surface area contributed by atoms with E-state index in [0.29, 0.717) is 23.1 Å². The van der Waals surface area contributed by atoms with E-state index in [4.69, 9.17) is 21.1 Å². The van der Waals surface area contributed by atoms with Crippen LogP contribution in [0.2, 0.25) is 5.02 Å². The van der Waals surface area contributed by atoms with Crippen LogP contribution in [0.25, 0.3) is 16.9 Å². The van der Waals surface area contributed by atoms with Gasteiger partial charge in [0.05, 0.1) is 19.0 Å². The summed E-state index contributed by atoms with van der Waals surface area (Å²) >= 11 is 5.92. The summed E-state index contributed by atoms with van der Waals surface area (Å²) in [6.45, 7) is 0.447. The summed E-state index contributed by atoms with van der Waals surface area (Å²) in [6.07, 6.45) is 3.85. The minimum Gasteiger partial charge on any atom is -0.493 e. The summed E-state index contributed by atoms with van der Waals surface area (Å²) in [4.78, 5) is 4.44. The zero-order valence-corrected chi connectivity index (χ0v) is 15.0. The summed E-state index contributed by atoms with van der Waals surface area (Å²) in [6, 6.07) is 19.4. The molecular weight excluding hydrogens is 348 g/mol. The maximum Gasteiger partial charge on any atom is 0.161 e. The Kier molecular flexibility index (Phi) is 4.50. The standard InChI is InChI=1S/C21H17ClN2O2/c1-25-20-12-16(18-13-23-21-4-2-3-11-24(18)21)7-10-19(20)26-14-15-5-8-17(22)9-6-15/h2-13H,14H2,1H3. The minimum absolute atomic E-state index is 0.447. The lowest BCUT2D eigenvalue weighted by Crippen LogP contribution is -1.98. The molecule has 4 rings (SSSR count). The lowest BCUT2D eigenvalue weighted by atomic mass is 10.1. The third kappa shape index (κ3) is 3.24. The minimum atomic E-state index is 0.447. The number of aromatic nitrogens is 2. The Morgan fingerprint density at radius 1 is 1.00 bits per heavy atom. The number of halogens is 1. The fourth-order valence-electron chi connectivity index (χ4n) is 2.83. The summed E-state index contributed by atoms with van der Waals surface area (Å²) in [5.74, 6) is 1.38. The first-order valence-corrected chi connectivity index (χ1v) is 8.60. The quantitative estimate of drug-likeness (QED) is 0.485. The molecule has 0 saturated heterocycles. The largest absolute Gasteiger partial charge is 0.493 e. The van der Waals surface area contributed by atoms with Crippen LogP contribution < -0.4 is 9.47 Å². The maximum atomic E-state index is 5.92. The van der Waals surface area contributed by atoms with Gasteiger partial charge in [-0.05, 0) is 48.0 Å². The van der Waals surface area contributed by atoms with E-state index in [2.05, 4.69) is 4.98 Å². The summed E-state index contributed by atoms with van der Waals surface area (Å²) in [7, 11) is 1.64. The SMILES string of the molecule is COc1cc(-c2cnc3ccccn23)ccc1OCc1ccc(Cl)cc1. The Morgan fingerprint density at radius 2 is 1.85 bits per heavy atom. The van der Waals surface area contributed by atoms with Gasteiger partial charge in [0, 0.05) is 16.8 Å². The molecule has 0 aliphatic rings. The average molecular weight is 365 g/mol. The van der Waals surface area contributed by atoms with Crippen LogP contribution in [-0.4, -0.2) is 16.5 Å². The Bertz CT molecular complexity index is 1040. The number of imidazole rings is 1. The first-order chi connectivity index (χ1) is 12.7. The second kappa shape index (κ2) is 7.10. The number of nitrogens with zero attached hydrogens (tertiary/aromatic N) is 2. The molecule has 0 radical (unpaired) electrons. The van der Waals surface area contributed by atoms with Crippen molar-refractivity contribution < 1.29 is 9.47 Å². The molecule has 0 atom stereocenters. The van der Waals surface area contributed by atoms with Crippen LogP contribution >= 0.6 is 11.6 Å². The zero-order valence-electron chi connectivity index (χ0n) is 14.2. The van der Waals surface area contributed by atoms with Gasteiger partial charge < -0.3 is 9.47 Å². The Balaban J connectivity index is 1.61. The maximum absolute atomic E-state index is 5.92. The average Bonchev–Trinajstić information content (AvgIpc) is 3.11. The highest BCUT2D eigenvalue weighted by Crippen LogP contribution is 2.33. The highest BCUT2D eigenvalue weighted by Gasteiger charge is 2.11. The van der Waals surface area contributed by atoms with Gasteiger partial charge in [0.1, 0.15) is 12.3 Å². The topological polar surface area (TPSA) is 35.8 Å². The predicted octanol–water partition coefficient (Wildman–Crippen LogP) is 5.24. The number of pyridine rings is 1. The molecule has 130 valence electrons. The van der Waals surface area contributed by atoms with Crippen LogP contribution in [0.3, 0.4) is 0 Å². The lowest BCUT2D eigenvalue weighted by molar-refractivity contribution is 0.284. The van der Waals surface area contributed by atoms with Gasteiger partial charge in [-0.25, -0.2) is 4.98 Å². The molecule has 0 unspecified atom stereocenters. The van der Waals surface area contributed by atoms with E-state index >= 15 is 0 Å². The highest BCUT2D eigenvalue weighted by atomic mass is 35.5. The van der Waals surface area contributed by atoms with Crippen LogP contribution in [-0.2, 0) is 6.61 Å². The fraction of sp³-hybridized carbons (Fsp3) is 0.0952. The van der Waals surface area contributed by atoms with Crippen molar-refractivity contribution in [2.45, 2.75) is 6.61 Å². The molecule has 0 saturated carbocycles. The number of rotatable bonds is 5. The van der Waals surface area contributed by atoms with E-state index in [9.17, 15) is 0 Å². The van der Waals surface area contributed by atoms with Crippen molar-refractivity contribution in [3.8, 4) is 22.8 Å². The van der Waals surface area contributed by atoms with Gasteiger partial charge >= 0.3 is 0 Å². The highest BCUT2D eigenvalue weighted by molar-refractivity contribution is 6.30. The second-order valence-electron chi connectivity index (χ2n) is 5.85. The molecular formula is C21H17ClN2O2. The Morgan fingerprint density at radius 3 is 2.65 bits per heavy atom. The number of fused-ring (bicyclic) bond motifs is 1. The van der Waals surface area contributed by atoms with E-state index in [1.54, 1.807) is 7.11 Å². The zero-order chi connectivity index (χ0) is 17.9. The predicted molar refractivity (Wildman–Crippen MR) is 103 cm³/mol. The normalized spacial score (nSPS) is 10.8. The van der Waals surface area contributed by atoms with Crippen molar-refractivity contribution in [2.75, 3.05) is 7.11 Å². The molecule has 4 aromatic rings. The van der Waals surface area contributed by atoms with Crippen LogP contribution in [0.5, 0.6) is 11.5 Å². The summed E-state index contributed by atoms with van der Waals surface area (Å²) in [5, 5.41) is 0.712. The van der Waals surface area contributed by atoms with Crippen LogP contribution in [0.15, 0.2) is 73.1 Å². The number of ether oxygens (including phenoxy) is 2. The van der Waals surface area contributed by atoms with Crippen molar-refractivity contribution in [3.05, 3.63) is 83.6 Å². The molecule has 0 fully saturated rings. The van der Waals surface area contributed by atoms with Gasteiger partial charge in [-0.3, -0.25) is 4.40 Å². The van der Waals surface area contributed by atoms with E-state index in [1.807, 2.05) is 77.5 Å². The third-order valence-electron chi connectivity index (χ3n) is 4.18. The van der Waals surface area contributed by atoms with Crippen LogP contribution in [0.4, 0.5) is 0 Å². The number of benzene rings is 2. The van der Waals surface area contributed by atoms with Crippen molar-refractivity contribution in [1.29, 1.82) is 0 Å². The fourth-order valence-corrected chi connectivity index (χ4v) is 2.96. The molecule has 2 aromatic heterocycles. The molecule has 0 amide bonds. The molecule has 0 aliphatic heterocycles. The van der Waals surface area contributed by atoms with E-state index < -0.39 is 0 Å². The van der Waals surface area contributed by atoms with Gasteiger partial charge in [0.2, 0.25) is 0 Å². The van der Waals surface area contributed by atoms with E-state index in [0.717, 1.165) is 22.5 Å². The third-order valence-corrected chi connectivity index (χ3v) is 4.44. The van der Waals surface area contributed by atoms with Gasteiger partial charge in [0.25, 0.3) is 0 Å². The van der Waals surface area contributed by atoms with E-state index in [1.165, 1.54) is 0 Å². The smallest absolute Gasteiger partial charge is 0.161 e. The first kappa shape index (κ1) is 16.5. The molecule has 2 aromatic carbocycles. The lowest BCUT2D eigenvalue weighted by Gasteiger charge is -2.12. The molecule has 26 heavy (non-hydrogen) atoms. The molecule has 0 aliphatic carbocycles. The van der Waals surface area contributed by atoms with Gasteiger partial charge in [-0.1, -0.05) is 29.8 Å². The molecule has 0 N–H and O–H groups in total. The van der Waals surface area contributed by atoms with Crippen molar-refractivity contribution in [2.24, 2.45) is 0 Å². The van der Waals surface area contributed by atoms with Crippen molar-refractivity contribution >= 4 is 17.2 Å². The number of hydrogen-bond donors (Lipinski definition) is 0. The summed E-state index contributed by atoms with van der Waals surface area (Å²) in [5.41, 5.74) is 3.97. The monoisotopic (exact) mass is 364 g/mol. The first-order valence-electron chi connectivity index (χ1n) is 8.22. The Hall–Kier alpha value is -2.98. The second-order valence-corrected chi connectivity index (χ2v) is 6.29. The summed E-state index contributed by atoms with van der Waals surface area (Å²) < 4.78 is 13.5. The van der Waals surface area contributed by atoms with Crippen molar-refractivity contribution in [1.82, 2.24) is 9.38 Å². The van der Waals surface area contributed by atoms with Gasteiger partial charge in [-0.2, -0.15) is 0 Å². The number of methoxy groups -OCH3 is 1. The van der Waals surface area contributed by atoms with Crippen molar-refractivity contribution in [3.63, 3.8) is 0 Å². The van der Waals surface area contributed by atoms with Gasteiger partial charge in [0.15, 0.2) is 11.5 Å². The molecule has 0 spiro atoms. The molecule has 4 nitrogen and oxygen atoms in total. The van der Waals surface area contributed by atoms with Crippen LogP contribution in [0, 0.1) is 0 Å². The van der Waals surface area contributed by atoms with E-state index in [-0.39, 0.29) is 0 Å². The molecule has 5 heteroatoms. The molecule has 2 heterocycles.